The van der Waals surface area contributed by atoms with E-state index in [-0.39, 0.29) is 0 Å². The summed E-state index contributed by atoms with van der Waals surface area (Å²) in [6.07, 6.45) is 26.0. The van der Waals surface area contributed by atoms with Crippen molar-refractivity contribution in [2.75, 3.05) is 0 Å². The molecule has 0 heteroatoms. The first-order valence-electron chi connectivity index (χ1n) is 14.5. The molecule has 0 saturated heterocycles. The third kappa shape index (κ3) is 7.25. The summed E-state index contributed by atoms with van der Waals surface area (Å²) in [5.74, 6) is 12.3. The Kier molecular flexibility index (Phi) is 9.58. The summed E-state index contributed by atoms with van der Waals surface area (Å²) in [5.41, 5.74) is 2.69. The van der Waals surface area contributed by atoms with E-state index in [0.717, 1.165) is 41.1 Å². The first-order valence-corrected chi connectivity index (χ1v) is 14.5. The van der Waals surface area contributed by atoms with Crippen molar-refractivity contribution in [2.45, 2.75) is 116 Å². The molecule has 0 bridgehead atoms. The minimum Gasteiger partial charge on any atom is -0.0730 e. The molecular weight excluding hydrogens is 396 g/mol. The average molecular weight is 445 g/mol. The summed E-state index contributed by atoms with van der Waals surface area (Å²) in [4.78, 5) is 0. The summed E-state index contributed by atoms with van der Waals surface area (Å²) < 4.78 is 0. The zero-order valence-electron chi connectivity index (χ0n) is 21.5. The molecule has 0 aliphatic heterocycles. The normalized spacial score (nSPS) is 32.9. The topological polar surface area (TPSA) is 0 Å². The smallest absolute Gasteiger partial charge is 0.0249 e. The van der Waals surface area contributed by atoms with E-state index < -0.39 is 0 Å². The van der Waals surface area contributed by atoms with Gasteiger partial charge in [0.2, 0.25) is 0 Å². The van der Waals surface area contributed by atoms with Crippen LogP contribution in [-0.2, 0) is 0 Å². The van der Waals surface area contributed by atoms with Crippen LogP contribution in [0.15, 0.2) is 36.4 Å². The monoisotopic (exact) mass is 444 g/mol. The zero-order valence-corrected chi connectivity index (χ0v) is 21.5. The van der Waals surface area contributed by atoms with Gasteiger partial charge in [-0.15, -0.1) is 0 Å². The van der Waals surface area contributed by atoms with Gasteiger partial charge in [-0.3, -0.25) is 0 Å². The second kappa shape index (κ2) is 12.8. The first kappa shape index (κ1) is 24.6. The number of hydrogen-bond acceptors (Lipinski definition) is 0. The second-order valence-electron chi connectivity index (χ2n) is 11.6. The minimum absolute atomic E-state index is 0.757. The van der Waals surface area contributed by atoms with Gasteiger partial charge in [0.15, 0.2) is 0 Å². The largest absolute Gasteiger partial charge is 0.0730 e. The van der Waals surface area contributed by atoms with E-state index in [0.29, 0.717) is 0 Å². The molecule has 1 aromatic carbocycles. The summed E-state index contributed by atoms with van der Waals surface area (Å²) in [6.45, 7) is 4.69. The van der Waals surface area contributed by atoms with Crippen LogP contribution in [0.4, 0.5) is 0 Å². The van der Waals surface area contributed by atoms with Crippen LogP contribution in [-0.4, -0.2) is 0 Å². The van der Waals surface area contributed by atoms with Gasteiger partial charge in [-0.1, -0.05) is 76.0 Å². The fourth-order valence-electron chi connectivity index (χ4n) is 7.22. The van der Waals surface area contributed by atoms with Crippen molar-refractivity contribution < 1.29 is 0 Å². The van der Waals surface area contributed by atoms with Crippen molar-refractivity contribution >= 4 is 0 Å². The highest BCUT2D eigenvalue weighted by molar-refractivity contribution is 5.39. The van der Waals surface area contributed by atoms with Crippen molar-refractivity contribution in [1.82, 2.24) is 0 Å². The Hall–Kier alpha value is -1.48. The molecule has 0 aromatic heterocycles. The van der Waals surface area contributed by atoms with Crippen LogP contribution < -0.4 is 0 Å². The van der Waals surface area contributed by atoms with Gasteiger partial charge in [0.25, 0.3) is 0 Å². The summed E-state index contributed by atoms with van der Waals surface area (Å²) >= 11 is 0. The van der Waals surface area contributed by atoms with Crippen molar-refractivity contribution in [1.29, 1.82) is 0 Å². The predicted molar refractivity (Wildman–Crippen MR) is 143 cm³/mol. The van der Waals surface area contributed by atoms with Crippen LogP contribution in [0.3, 0.4) is 0 Å². The molecule has 0 radical (unpaired) electrons. The summed E-state index contributed by atoms with van der Waals surface area (Å²) in [7, 11) is 0. The molecule has 3 fully saturated rings. The molecule has 3 aliphatic carbocycles. The molecule has 3 aliphatic rings. The minimum atomic E-state index is 0.757. The fraction of sp³-hybridized carbons (Fsp3) is 0.697. The van der Waals surface area contributed by atoms with Gasteiger partial charge in [0.05, 0.1) is 0 Å². The van der Waals surface area contributed by atoms with Crippen LogP contribution in [0.5, 0.6) is 0 Å². The average Bonchev–Trinajstić information content (AvgIpc) is 2.88. The predicted octanol–water partition coefficient (Wildman–Crippen LogP) is 9.69. The maximum atomic E-state index is 3.37. The van der Waals surface area contributed by atoms with Crippen LogP contribution >= 0.6 is 0 Å². The SMILES string of the molecule is CCCC1CCC(C2CCC(/C=C/C#Cc3ccc(C4CCC(CC)CC4)cc3)CC2)CC1. The number of allylic oxidation sites excluding steroid dienone is 2. The third-order valence-corrected chi connectivity index (χ3v) is 9.55. The quantitative estimate of drug-likeness (QED) is 0.383. The molecule has 0 spiro atoms. The number of benzene rings is 1. The standard InChI is InChI=1S/C33H48/c1-3-7-27-12-20-31(21-13-27)33-24-16-29(17-25-33)9-6-5-8-28-14-22-32(23-15-28)30-18-10-26(4-2)11-19-30/h6,9,14-15,22-23,26-27,29-31,33H,3-4,7,10-13,16-21,24-25H2,1-2H3/b9-6+. The molecule has 33 heavy (non-hydrogen) atoms. The van der Waals surface area contributed by atoms with E-state index in [4.69, 9.17) is 0 Å². The summed E-state index contributed by atoms with van der Waals surface area (Å²) in [5, 5.41) is 0. The Labute approximate surface area is 205 Å². The van der Waals surface area contributed by atoms with E-state index in [9.17, 15) is 0 Å². The lowest BCUT2D eigenvalue weighted by molar-refractivity contribution is 0.152. The van der Waals surface area contributed by atoms with Crippen molar-refractivity contribution in [2.24, 2.45) is 29.6 Å². The molecule has 0 unspecified atom stereocenters. The Balaban J connectivity index is 1.18. The van der Waals surface area contributed by atoms with E-state index in [1.54, 1.807) is 0 Å². The molecule has 0 atom stereocenters. The molecule has 0 nitrogen and oxygen atoms in total. The van der Waals surface area contributed by atoms with Gasteiger partial charge in [0, 0.05) is 5.56 Å². The first-order chi connectivity index (χ1) is 16.2. The highest BCUT2D eigenvalue weighted by Gasteiger charge is 2.30. The molecule has 0 N–H and O–H groups in total. The Morgan fingerprint density at radius 2 is 1.33 bits per heavy atom. The Bertz CT molecular complexity index is 764. The van der Waals surface area contributed by atoms with Gasteiger partial charge in [-0.2, -0.15) is 0 Å². The van der Waals surface area contributed by atoms with Gasteiger partial charge in [0.1, 0.15) is 0 Å². The fourth-order valence-corrected chi connectivity index (χ4v) is 7.22. The van der Waals surface area contributed by atoms with Crippen LogP contribution in [0.1, 0.15) is 127 Å². The van der Waals surface area contributed by atoms with Crippen LogP contribution in [0, 0.1) is 41.4 Å². The van der Waals surface area contributed by atoms with E-state index >= 15 is 0 Å². The second-order valence-corrected chi connectivity index (χ2v) is 11.6. The molecule has 4 rings (SSSR count). The van der Waals surface area contributed by atoms with Gasteiger partial charge < -0.3 is 0 Å². The van der Waals surface area contributed by atoms with Gasteiger partial charge >= 0.3 is 0 Å². The Morgan fingerprint density at radius 1 is 0.727 bits per heavy atom. The molecule has 180 valence electrons. The maximum absolute atomic E-state index is 3.37. The van der Waals surface area contributed by atoms with Crippen molar-refractivity contribution in [3.8, 4) is 11.8 Å². The van der Waals surface area contributed by atoms with Crippen molar-refractivity contribution in [3.05, 3.63) is 47.5 Å². The van der Waals surface area contributed by atoms with Crippen molar-refractivity contribution in [3.63, 3.8) is 0 Å². The van der Waals surface area contributed by atoms with E-state index in [1.807, 2.05) is 0 Å². The number of hydrogen-bond donors (Lipinski definition) is 0. The number of rotatable bonds is 6. The highest BCUT2D eigenvalue weighted by atomic mass is 14.4. The molecule has 0 amide bonds. The summed E-state index contributed by atoms with van der Waals surface area (Å²) in [6, 6.07) is 9.15. The zero-order chi connectivity index (χ0) is 22.9. The lowest BCUT2D eigenvalue weighted by Gasteiger charge is -2.37. The highest BCUT2D eigenvalue weighted by Crippen LogP contribution is 2.42. The molecular formula is C33H48. The molecule has 1 aromatic rings. The van der Waals surface area contributed by atoms with E-state index in [2.05, 4.69) is 62.1 Å². The Morgan fingerprint density at radius 3 is 1.94 bits per heavy atom. The molecule has 3 saturated carbocycles. The van der Waals surface area contributed by atoms with Crippen LogP contribution in [0.25, 0.3) is 0 Å². The van der Waals surface area contributed by atoms with Gasteiger partial charge in [-0.05, 0) is 123 Å². The van der Waals surface area contributed by atoms with E-state index in [1.165, 1.54) is 102 Å². The maximum Gasteiger partial charge on any atom is 0.0249 e. The van der Waals surface area contributed by atoms with Crippen LogP contribution in [0.2, 0.25) is 0 Å². The third-order valence-electron chi connectivity index (χ3n) is 9.55. The van der Waals surface area contributed by atoms with Gasteiger partial charge in [-0.25, -0.2) is 0 Å². The lowest BCUT2D eigenvalue weighted by atomic mass is 9.69. The lowest BCUT2D eigenvalue weighted by Crippen LogP contribution is -2.25. The molecule has 0 heterocycles.